The van der Waals surface area contributed by atoms with Gasteiger partial charge in [0.15, 0.2) is 5.71 Å². The van der Waals surface area contributed by atoms with Crippen LogP contribution < -0.4 is 5.43 Å². The van der Waals surface area contributed by atoms with Crippen LogP contribution in [0.5, 0.6) is 0 Å². The van der Waals surface area contributed by atoms with Gasteiger partial charge < -0.3 is 0 Å². The van der Waals surface area contributed by atoms with E-state index < -0.39 is 11.7 Å². The molecule has 9 heteroatoms. The number of benzene rings is 2. The van der Waals surface area contributed by atoms with Crippen molar-refractivity contribution in [2.24, 2.45) is 5.10 Å². The van der Waals surface area contributed by atoms with Gasteiger partial charge in [-0.3, -0.25) is 5.43 Å². The third kappa shape index (κ3) is 4.42. The second kappa shape index (κ2) is 7.43. The molecule has 0 aliphatic rings. The highest BCUT2D eigenvalue weighted by Crippen LogP contribution is 2.38. The van der Waals surface area contributed by atoms with Crippen molar-refractivity contribution in [3.05, 3.63) is 63.1 Å². The van der Waals surface area contributed by atoms with Crippen LogP contribution in [0.15, 0.2) is 41.5 Å². The van der Waals surface area contributed by atoms with Gasteiger partial charge in [0, 0.05) is 5.56 Å². The van der Waals surface area contributed by atoms with E-state index in [2.05, 4.69) is 10.5 Å². The Hall–Kier alpha value is -2.74. The minimum absolute atomic E-state index is 0.0577. The molecule has 0 radical (unpaired) electrons. The number of nitrogens with zero attached hydrogens (tertiary/aromatic N) is 3. The summed E-state index contributed by atoms with van der Waals surface area (Å²) in [5.41, 5.74) is 2.11. The van der Waals surface area contributed by atoms with Crippen LogP contribution in [-0.2, 0) is 6.18 Å². The lowest BCUT2D eigenvalue weighted by molar-refractivity contribution is -0.137. The monoisotopic (exact) mass is 382 g/mol. The first-order valence-electron chi connectivity index (χ1n) is 6.57. The topological polar surface area (TPSA) is 72.0 Å². The van der Waals surface area contributed by atoms with E-state index >= 15 is 0 Å². The number of hydrogen-bond acceptors (Lipinski definition) is 4. The Morgan fingerprint density at radius 2 is 1.60 bits per heavy atom. The second-order valence-electron chi connectivity index (χ2n) is 4.69. The van der Waals surface area contributed by atoms with Crippen molar-refractivity contribution in [1.29, 1.82) is 10.5 Å². The molecule has 0 aliphatic heterocycles. The number of nitriles is 2. The highest BCUT2D eigenvalue weighted by Gasteiger charge is 2.32. The van der Waals surface area contributed by atoms with Crippen LogP contribution in [0.4, 0.5) is 18.9 Å². The first-order valence-corrected chi connectivity index (χ1v) is 7.32. The highest BCUT2D eigenvalue weighted by atomic mass is 35.5. The molecule has 1 N–H and O–H groups in total. The van der Waals surface area contributed by atoms with E-state index in [1.165, 1.54) is 24.3 Å². The maximum Gasteiger partial charge on any atom is 0.416 e. The third-order valence-corrected chi connectivity index (χ3v) is 3.64. The zero-order valence-corrected chi connectivity index (χ0v) is 13.7. The van der Waals surface area contributed by atoms with Gasteiger partial charge in [-0.1, -0.05) is 35.3 Å². The Balaban J connectivity index is 2.33. The Labute approximate surface area is 150 Å². The molecular formula is C16H7Cl2F3N4. The molecule has 0 spiro atoms. The quantitative estimate of drug-likeness (QED) is 0.583. The first-order chi connectivity index (χ1) is 11.8. The summed E-state index contributed by atoms with van der Waals surface area (Å²) in [5, 5.41) is 21.2. The molecule has 0 unspecified atom stereocenters. The molecule has 25 heavy (non-hydrogen) atoms. The zero-order chi connectivity index (χ0) is 18.6. The summed E-state index contributed by atoms with van der Waals surface area (Å²) in [6.45, 7) is 0. The van der Waals surface area contributed by atoms with Gasteiger partial charge in [0.25, 0.3) is 0 Å². The average Bonchev–Trinajstić information content (AvgIpc) is 2.56. The summed E-state index contributed by atoms with van der Waals surface area (Å²) in [6.07, 6.45) is -4.59. The van der Waals surface area contributed by atoms with E-state index in [9.17, 15) is 18.4 Å². The Kier molecular flexibility index (Phi) is 5.53. The van der Waals surface area contributed by atoms with Crippen LogP contribution in [0.2, 0.25) is 10.0 Å². The zero-order valence-electron chi connectivity index (χ0n) is 12.2. The van der Waals surface area contributed by atoms with Crippen LogP contribution in [-0.4, -0.2) is 5.71 Å². The Morgan fingerprint density at radius 3 is 2.04 bits per heavy atom. The standard InChI is InChI=1S/C16H7Cl2F3N4/c17-12-5-11(16(19,20)21)6-13(18)15(12)25-24-14(8-23)10-3-1-9(7-22)2-4-10/h1-6,25H/b24-14+. The molecule has 4 nitrogen and oxygen atoms in total. The molecule has 0 saturated carbocycles. The smallest absolute Gasteiger partial charge is 0.274 e. The van der Waals surface area contributed by atoms with E-state index in [4.69, 9.17) is 28.5 Å². The van der Waals surface area contributed by atoms with Gasteiger partial charge in [0.2, 0.25) is 0 Å². The molecule has 0 atom stereocenters. The van der Waals surface area contributed by atoms with E-state index in [0.717, 1.165) is 0 Å². The summed E-state index contributed by atoms with van der Waals surface area (Å²) in [5.74, 6) is 0. The van der Waals surface area contributed by atoms with Crippen molar-refractivity contribution in [2.45, 2.75) is 6.18 Å². The molecular weight excluding hydrogens is 376 g/mol. The number of anilines is 1. The van der Waals surface area contributed by atoms with Gasteiger partial charge in [0.1, 0.15) is 6.07 Å². The summed E-state index contributed by atoms with van der Waals surface area (Å²) in [7, 11) is 0. The van der Waals surface area contributed by atoms with Crippen molar-refractivity contribution in [1.82, 2.24) is 0 Å². The molecule has 0 heterocycles. The fourth-order valence-electron chi connectivity index (χ4n) is 1.81. The lowest BCUT2D eigenvalue weighted by Gasteiger charge is -2.12. The van der Waals surface area contributed by atoms with E-state index in [0.29, 0.717) is 23.3 Å². The van der Waals surface area contributed by atoms with Gasteiger partial charge in [-0.15, -0.1) is 0 Å². The van der Waals surface area contributed by atoms with Crippen molar-refractivity contribution in [3.8, 4) is 12.1 Å². The molecule has 0 aliphatic carbocycles. The van der Waals surface area contributed by atoms with Crippen LogP contribution in [0, 0.1) is 22.7 Å². The fourth-order valence-corrected chi connectivity index (χ4v) is 2.38. The van der Waals surface area contributed by atoms with E-state index in [1.807, 2.05) is 12.1 Å². The molecule has 0 saturated heterocycles. The number of rotatable bonds is 3. The van der Waals surface area contributed by atoms with Gasteiger partial charge in [-0.25, -0.2) is 0 Å². The summed E-state index contributed by atoms with van der Waals surface area (Å²) in [6, 6.07) is 11.2. The SMILES string of the molecule is N#C/C(=N\Nc1c(Cl)cc(C(F)(F)F)cc1Cl)c1ccc(C#N)cc1. The summed E-state index contributed by atoms with van der Waals surface area (Å²) < 4.78 is 38.1. The van der Waals surface area contributed by atoms with E-state index in [1.54, 1.807) is 0 Å². The van der Waals surface area contributed by atoms with Gasteiger partial charge in [-0.2, -0.15) is 28.8 Å². The Morgan fingerprint density at radius 1 is 1.04 bits per heavy atom. The number of hydrazone groups is 1. The van der Waals surface area contributed by atoms with Crippen LogP contribution in [0.3, 0.4) is 0 Å². The number of nitrogens with one attached hydrogen (secondary N) is 1. The normalized spacial score (nSPS) is 11.6. The summed E-state index contributed by atoms with van der Waals surface area (Å²) >= 11 is 11.6. The maximum absolute atomic E-state index is 12.7. The molecule has 0 amide bonds. The Bertz CT molecular complexity index is 884. The molecule has 0 fully saturated rings. The molecule has 2 rings (SSSR count). The van der Waals surface area contributed by atoms with Crippen molar-refractivity contribution in [2.75, 3.05) is 5.43 Å². The van der Waals surface area contributed by atoms with Gasteiger partial charge in [0.05, 0.1) is 32.9 Å². The second-order valence-corrected chi connectivity index (χ2v) is 5.50. The largest absolute Gasteiger partial charge is 0.416 e. The van der Waals surface area contributed by atoms with Crippen molar-refractivity contribution in [3.63, 3.8) is 0 Å². The predicted molar refractivity (Wildman–Crippen MR) is 88.4 cm³/mol. The van der Waals surface area contributed by atoms with Crippen molar-refractivity contribution < 1.29 is 13.2 Å². The highest BCUT2D eigenvalue weighted by molar-refractivity contribution is 6.39. The molecule has 0 aromatic heterocycles. The minimum atomic E-state index is -4.59. The van der Waals surface area contributed by atoms with Gasteiger partial charge >= 0.3 is 6.18 Å². The molecule has 0 bridgehead atoms. The van der Waals surface area contributed by atoms with Crippen LogP contribution >= 0.6 is 23.2 Å². The maximum atomic E-state index is 12.7. The van der Waals surface area contributed by atoms with Gasteiger partial charge in [-0.05, 0) is 24.3 Å². The third-order valence-electron chi connectivity index (χ3n) is 3.04. The minimum Gasteiger partial charge on any atom is -0.274 e. The van der Waals surface area contributed by atoms with Crippen LogP contribution in [0.1, 0.15) is 16.7 Å². The lowest BCUT2D eigenvalue weighted by Crippen LogP contribution is -2.06. The molecule has 2 aromatic rings. The fraction of sp³-hybridized carbons (Fsp3) is 0.0625. The lowest BCUT2D eigenvalue weighted by atomic mass is 10.1. The van der Waals surface area contributed by atoms with Crippen LogP contribution in [0.25, 0.3) is 0 Å². The first kappa shape index (κ1) is 18.6. The predicted octanol–water partition coefficient (Wildman–Crippen LogP) is 5.22. The van der Waals surface area contributed by atoms with Crippen molar-refractivity contribution >= 4 is 34.6 Å². The number of alkyl halides is 3. The number of halogens is 5. The summed E-state index contributed by atoms with van der Waals surface area (Å²) in [4.78, 5) is 0. The van der Waals surface area contributed by atoms with E-state index in [-0.39, 0.29) is 21.4 Å². The average molecular weight is 383 g/mol. The molecule has 126 valence electrons. The number of hydrogen-bond donors (Lipinski definition) is 1. The molecule has 2 aromatic carbocycles.